The second-order valence-electron chi connectivity index (χ2n) is 5.67. The van der Waals surface area contributed by atoms with Crippen LogP contribution in [0.2, 0.25) is 0 Å². The minimum atomic E-state index is 0.538. The van der Waals surface area contributed by atoms with E-state index < -0.39 is 0 Å². The van der Waals surface area contributed by atoms with Gasteiger partial charge in [-0.15, -0.1) is 0 Å². The Labute approximate surface area is 125 Å². The van der Waals surface area contributed by atoms with E-state index in [0.29, 0.717) is 12.5 Å². The highest BCUT2D eigenvalue weighted by molar-refractivity contribution is 5.75. The number of ether oxygens (including phenoxy) is 1. The predicted molar refractivity (Wildman–Crippen MR) is 83.8 cm³/mol. The fraction of sp³-hybridized carbons (Fsp3) is 0.316. The molecule has 21 heavy (non-hydrogen) atoms. The van der Waals surface area contributed by atoms with Crippen LogP contribution in [0.15, 0.2) is 48.5 Å². The average Bonchev–Trinajstić information content (AvgIpc) is 3.08. The molecule has 108 valence electrons. The first-order valence-electron chi connectivity index (χ1n) is 7.62. The van der Waals surface area contributed by atoms with Crippen LogP contribution in [0.5, 0.6) is 5.75 Å². The number of benzene rings is 2. The summed E-state index contributed by atoms with van der Waals surface area (Å²) in [4.78, 5) is 11.0. The molecule has 0 N–H and O–H groups in total. The molecule has 1 saturated carbocycles. The third-order valence-corrected chi connectivity index (χ3v) is 4.20. The molecule has 0 amide bonds. The number of hydrogen-bond donors (Lipinski definition) is 0. The maximum atomic E-state index is 11.0. The predicted octanol–water partition coefficient (Wildman–Crippen LogP) is 4.74. The average molecular weight is 280 g/mol. The fourth-order valence-electron chi connectivity index (χ4n) is 3.06. The molecule has 3 rings (SSSR count). The van der Waals surface area contributed by atoms with Crippen molar-refractivity contribution in [2.75, 3.05) is 0 Å². The molecule has 1 aliphatic rings. The summed E-state index contributed by atoms with van der Waals surface area (Å²) in [7, 11) is 0. The number of rotatable bonds is 5. The molecule has 1 fully saturated rings. The molecule has 0 aromatic heterocycles. The molecule has 0 spiro atoms. The Hall–Kier alpha value is -2.09. The van der Waals surface area contributed by atoms with Crippen molar-refractivity contribution < 1.29 is 9.53 Å². The SMILES string of the molecule is O=Cc1ccc(OCc2ccccc2)c(C2CCCC2)c1. The fourth-order valence-corrected chi connectivity index (χ4v) is 3.06. The van der Waals surface area contributed by atoms with E-state index >= 15 is 0 Å². The Kier molecular flexibility index (Phi) is 4.34. The van der Waals surface area contributed by atoms with Crippen molar-refractivity contribution in [2.45, 2.75) is 38.2 Å². The van der Waals surface area contributed by atoms with E-state index in [9.17, 15) is 4.79 Å². The normalized spacial score (nSPS) is 15.0. The zero-order valence-electron chi connectivity index (χ0n) is 12.1. The van der Waals surface area contributed by atoms with Gasteiger partial charge in [-0.2, -0.15) is 0 Å². The van der Waals surface area contributed by atoms with Gasteiger partial charge in [0.05, 0.1) is 0 Å². The molecule has 0 atom stereocenters. The summed E-state index contributed by atoms with van der Waals surface area (Å²) in [5.74, 6) is 1.46. The van der Waals surface area contributed by atoms with Crippen LogP contribution in [0.3, 0.4) is 0 Å². The van der Waals surface area contributed by atoms with Gasteiger partial charge in [0.15, 0.2) is 0 Å². The van der Waals surface area contributed by atoms with E-state index in [1.807, 2.05) is 36.4 Å². The Morgan fingerprint density at radius 2 is 1.81 bits per heavy atom. The van der Waals surface area contributed by atoms with Crippen LogP contribution in [-0.4, -0.2) is 6.29 Å². The molecule has 2 aromatic carbocycles. The van der Waals surface area contributed by atoms with Crippen molar-refractivity contribution in [3.63, 3.8) is 0 Å². The van der Waals surface area contributed by atoms with Crippen molar-refractivity contribution in [1.82, 2.24) is 0 Å². The maximum Gasteiger partial charge on any atom is 0.150 e. The summed E-state index contributed by atoms with van der Waals surface area (Å²) in [6.45, 7) is 0.570. The van der Waals surface area contributed by atoms with Gasteiger partial charge >= 0.3 is 0 Å². The Bertz CT molecular complexity index is 598. The van der Waals surface area contributed by atoms with E-state index in [-0.39, 0.29) is 0 Å². The highest BCUT2D eigenvalue weighted by atomic mass is 16.5. The van der Waals surface area contributed by atoms with Crippen molar-refractivity contribution in [2.24, 2.45) is 0 Å². The van der Waals surface area contributed by atoms with Gasteiger partial charge in [-0.1, -0.05) is 43.2 Å². The summed E-state index contributed by atoms with van der Waals surface area (Å²) < 4.78 is 6.02. The minimum Gasteiger partial charge on any atom is -0.489 e. The highest BCUT2D eigenvalue weighted by Crippen LogP contribution is 2.39. The van der Waals surface area contributed by atoms with Gasteiger partial charge < -0.3 is 4.74 Å². The Morgan fingerprint density at radius 3 is 2.52 bits per heavy atom. The smallest absolute Gasteiger partial charge is 0.150 e. The highest BCUT2D eigenvalue weighted by Gasteiger charge is 2.21. The van der Waals surface area contributed by atoms with Crippen molar-refractivity contribution >= 4 is 6.29 Å². The van der Waals surface area contributed by atoms with Crippen LogP contribution in [0.1, 0.15) is 53.1 Å². The van der Waals surface area contributed by atoms with Gasteiger partial charge in [0.25, 0.3) is 0 Å². The third kappa shape index (κ3) is 3.33. The molecule has 0 heterocycles. The lowest BCUT2D eigenvalue weighted by Crippen LogP contribution is -2.02. The summed E-state index contributed by atoms with van der Waals surface area (Å²) in [6.07, 6.45) is 5.86. The van der Waals surface area contributed by atoms with Gasteiger partial charge in [0.1, 0.15) is 18.6 Å². The summed E-state index contributed by atoms with van der Waals surface area (Å²) in [6, 6.07) is 16.0. The molecule has 0 bridgehead atoms. The summed E-state index contributed by atoms with van der Waals surface area (Å²) in [5, 5.41) is 0. The second kappa shape index (κ2) is 6.57. The first-order chi connectivity index (χ1) is 10.4. The molecular formula is C19H20O2. The largest absolute Gasteiger partial charge is 0.489 e. The van der Waals surface area contributed by atoms with Gasteiger partial charge in [0.2, 0.25) is 0 Å². The molecule has 0 aliphatic heterocycles. The first-order valence-corrected chi connectivity index (χ1v) is 7.62. The van der Waals surface area contributed by atoms with E-state index in [1.54, 1.807) is 0 Å². The molecule has 0 radical (unpaired) electrons. The topological polar surface area (TPSA) is 26.3 Å². The van der Waals surface area contributed by atoms with E-state index in [1.165, 1.54) is 31.2 Å². The number of carbonyl (C=O) groups is 1. The number of carbonyl (C=O) groups excluding carboxylic acids is 1. The molecule has 2 nitrogen and oxygen atoms in total. The monoisotopic (exact) mass is 280 g/mol. The lowest BCUT2D eigenvalue weighted by atomic mass is 9.95. The number of aldehydes is 1. The van der Waals surface area contributed by atoms with Crippen LogP contribution < -0.4 is 4.74 Å². The van der Waals surface area contributed by atoms with E-state index in [2.05, 4.69) is 12.1 Å². The van der Waals surface area contributed by atoms with Gasteiger partial charge in [-0.25, -0.2) is 0 Å². The van der Waals surface area contributed by atoms with Crippen molar-refractivity contribution in [3.05, 3.63) is 65.2 Å². The first kappa shape index (κ1) is 13.9. The lowest BCUT2D eigenvalue weighted by Gasteiger charge is -2.17. The standard InChI is InChI=1S/C19H20O2/c20-13-16-10-11-19(18(12-16)17-8-4-5-9-17)21-14-15-6-2-1-3-7-15/h1-3,6-7,10-13,17H,4-5,8-9,14H2. The van der Waals surface area contributed by atoms with Crippen LogP contribution in [0.4, 0.5) is 0 Å². The van der Waals surface area contributed by atoms with Crippen molar-refractivity contribution in [3.8, 4) is 5.75 Å². The van der Waals surface area contributed by atoms with Crippen LogP contribution in [0.25, 0.3) is 0 Å². The van der Waals surface area contributed by atoms with Crippen LogP contribution in [-0.2, 0) is 6.61 Å². The Morgan fingerprint density at radius 1 is 1.05 bits per heavy atom. The molecule has 0 unspecified atom stereocenters. The van der Waals surface area contributed by atoms with Gasteiger partial charge in [-0.05, 0) is 48.1 Å². The maximum absolute atomic E-state index is 11.0. The minimum absolute atomic E-state index is 0.538. The van der Waals surface area contributed by atoms with Gasteiger partial charge in [0, 0.05) is 5.56 Å². The molecule has 1 aliphatic carbocycles. The van der Waals surface area contributed by atoms with Gasteiger partial charge in [-0.3, -0.25) is 4.79 Å². The zero-order valence-corrected chi connectivity index (χ0v) is 12.1. The second-order valence-corrected chi connectivity index (χ2v) is 5.67. The van der Waals surface area contributed by atoms with E-state index in [0.717, 1.165) is 23.2 Å². The number of hydrogen-bond acceptors (Lipinski definition) is 2. The Balaban J connectivity index is 1.81. The van der Waals surface area contributed by atoms with Crippen LogP contribution >= 0.6 is 0 Å². The molecule has 0 saturated heterocycles. The molecule has 2 aromatic rings. The summed E-state index contributed by atoms with van der Waals surface area (Å²) >= 11 is 0. The quantitative estimate of drug-likeness (QED) is 0.740. The van der Waals surface area contributed by atoms with E-state index in [4.69, 9.17) is 4.74 Å². The third-order valence-electron chi connectivity index (χ3n) is 4.20. The zero-order chi connectivity index (χ0) is 14.5. The summed E-state index contributed by atoms with van der Waals surface area (Å²) in [5.41, 5.74) is 3.10. The lowest BCUT2D eigenvalue weighted by molar-refractivity contribution is 0.112. The molecular weight excluding hydrogens is 260 g/mol. The van der Waals surface area contributed by atoms with Crippen molar-refractivity contribution in [1.29, 1.82) is 0 Å². The molecule has 2 heteroatoms. The van der Waals surface area contributed by atoms with Crippen LogP contribution in [0, 0.1) is 0 Å².